The molecule has 1 fully saturated rings. The summed E-state index contributed by atoms with van der Waals surface area (Å²) >= 11 is 0. The number of benzene rings is 8. The predicted octanol–water partition coefficient (Wildman–Crippen LogP) is 15.1. The number of imidazole rings is 1. The van der Waals surface area contributed by atoms with E-state index in [2.05, 4.69) is 40.7 Å². The molecule has 0 saturated heterocycles. The largest absolute Gasteiger partial charge is 1.00 e. The average Bonchev–Trinajstić information content (AvgIpc) is 1.61. The molecule has 13 rings (SSSR count). The minimum Gasteiger partial charge on any atom is -0.870 e. The zero-order chi connectivity index (χ0) is 92.6. The first-order valence-corrected chi connectivity index (χ1v) is 42.9. The number of carbonyl (C=O) groups is 7. The Balaban J connectivity index is 0.000000255. The van der Waals surface area contributed by atoms with Crippen LogP contribution in [-0.4, -0.2) is 185 Å². The van der Waals surface area contributed by atoms with Gasteiger partial charge >= 0.3 is 60.8 Å². The predicted molar refractivity (Wildman–Crippen MR) is 510 cm³/mol. The van der Waals surface area contributed by atoms with E-state index in [9.17, 15) is 38.7 Å². The van der Waals surface area contributed by atoms with Gasteiger partial charge in [0.1, 0.15) is 77.7 Å². The maximum atomic E-state index is 13.2. The fraction of sp³-hybridized carbons (Fsp3) is 0.291. The van der Waals surface area contributed by atoms with Crippen LogP contribution in [0.3, 0.4) is 0 Å². The molecule has 30 heteroatoms. The van der Waals surface area contributed by atoms with Crippen LogP contribution in [0.4, 0.5) is 14.4 Å². The minimum atomic E-state index is -1.11. The molecule has 7 N–H and O–H groups in total. The van der Waals surface area contributed by atoms with Gasteiger partial charge in [0.15, 0.2) is 0 Å². The molecule has 0 aliphatic heterocycles. The van der Waals surface area contributed by atoms with Gasteiger partial charge in [-0.05, 0) is 99.4 Å². The van der Waals surface area contributed by atoms with Crippen LogP contribution in [0.15, 0.2) is 281 Å². The second-order valence-corrected chi connectivity index (χ2v) is 30.4. The summed E-state index contributed by atoms with van der Waals surface area (Å²) < 4.78 is 51.9. The van der Waals surface area contributed by atoms with E-state index in [1.54, 1.807) is 53.3 Å². The number of unbranched alkanes of at least 4 members (excludes halogenated alkanes) is 4. The molecule has 0 radical (unpaired) electrons. The van der Waals surface area contributed by atoms with Crippen molar-refractivity contribution in [1.82, 2.24) is 50.3 Å². The number of amides is 5. The first-order valence-electron chi connectivity index (χ1n) is 42.9. The number of pyridine rings is 3. The number of nitrogens with zero attached hydrogens (tertiary/aromatic N) is 7. The fourth-order valence-electron chi connectivity index (χ4n) is 13.5. The van der Waals surface area contributed by atoms with Crippen molar-refractivity contribution < 1.29 is 106 Å². The second-order valence-electron chi connectivity index (χ2n) is 30.4. The second kappa shape index (κ2) is 55.0. The van der Waals surface area contributed by atoms with Crippen LogP contribution in [-0.2, 0) is 46.6 Å². The summed E-state index contributed by atoms with van der Waals surface area (Å²) in [5.74, 6) is 1.47. The van der Waals surface area contributed by atoms with Gasteiger partial charge in [0.25, 0.3) is 0 Å². The van der Waals surface area contributed by atoms with Crippen molar-refractivity contribution in [2.45, 2.75) is 115 Å². The number of allylic oxidation sites excluding steroid dienone is 2. The van der Waals surface area contributed by atoms with Gasteiger partial charge in [-0.25, -0.2) is 48.7 Å². The van der Waals surface area contributed by atoms with Crippen LogP contribution < -0.4 is 69.0 Å². The van der Waals surface area contributed by atoms with Crippen molar-refractivity contribution in [2.24, 2.45) is 11.7 Å². The SMILES string of the molecule is C.C=CCCCCN(C)C(=O)N[C@@H](CCOc1cc(-c2ccccc2)nc2cc(OC)ccc12)C(=O)O.C=CCCCCN(C)C(=O)N[C@@H](CCOc1cc(-c2ccccc2)nc2cc(OC)ccc12)C(=O)OCc1ccccc1.C=C[C@@H]1C[C@]1(N)C(=O)OCC.COc1ccc2c(OCC[C@H](NC(=O)n3ccnc3)C(=O)OCc3ccccc3)cc(-c3ccccc3)nc2c1.[Li+].[OH-]. The number of rotatable bonds is 41. The molecular weight excluding hydrogens is 1690 g/mol. The van der Waals surface area contributed by atoms with Gasteiger partial charge in [-0.15, -0.1) is 19.7 Å². The van der Waals surface area contributed by atoms with Crippen LogP contribution in [0.2, 0.25) is 0 Å². The van der Waals surface area contributed by atoms with Crippen LogP contribution in [0.1, 0.15) is 89.7 Å². The van der Waals surface area contributed by atoms with E-state index in [-0.39, 0.29) is 102 Å². The van der Waals surface area contributed by atoms with E-state index >= 15 is 0 Å². The molecule has 8 aromatic carbocycles. The number of nitrogens with two attached hydrogens (primary N) is 1. The molecule has 0 unspecified atom stereocenters. The van der Waals surface area contributed by atoms with E-state index in [1.165, 1.54) is 28.2 Å². The number of carboxylic acid groups (broad SMARTS) is 1. The monoisotopic (exact) mass is 1800 g/mol. The number of hydrogen-bond donors (Lipinski definition) is 5. The number of fused-ring (bicyclic) bond motifs is 3. The summed E-state index contributed by atoms with van der Waals surface area (Å²) in [5, 5.41) is 20.2. The third-order valence-corrected chi connectivity index (χ3v) is 21.1. The standard InChI is InChI=1S/C35H39N3O5.C31H28N4O5.C28H33N3O5.C8H13NO2.CH4.Li.H2O/c1-4-5-6-13-21-38(2)35(40)37-30(34(39)43-25-26-14-9-7-10-15-26)20-22-42-33-24-31(27-16-11-8-12-17-27)36-32-23-28(41-3)18-19-29(32)33;1-38-24-12-13-25-28(18-24)33-27(23-10-6-3-7-11-23)19-29(25)39-17-14-26(34-31(37)35-16-15-32-21-35)30(36)40-20-22-8-4-2-5-9-22;1-4-5-6-10-16-31(2)28(34)30-23(27(32)33)15-17-36-26-19-24(20-11-8-7-9-12-20)29-25-18-21(35-3)13-14-22(25)26;1-3-6-5-8(6,9)7(10)11-4-2;;;/h4,7-12,14-19,23-24,30H,1,5-6,13,20-22,25H2,2-3H3,(H,37,40);2-13,15-16,18-19,21,26H,14,17,20H2,1H3,(H,34,37);4,7-9,11-14,18-19,23H,1,5-6,10,15-17H2,2-3H3,(H,30,34)(H,32,33);3,6H,1,4-5,9H2,2H3;1H4;;1H2/q;;;;;+1;/p-1/t30-;26-;23-;6-,8-;;;/m0001.../s1. The average molecular weight is 1810 g/mol. The van der Waals surface area contributed by atoms with Gasteiger partial charge < -0.3 is 84.7 Å². The zero-order valence-corrected chi connectivity index (χ0v) is 75.6. The smallest absolute Gasteiger partial charge is 0.870 e. The van der Waals surface area contributed by atoms with Gasteiger partial charge in [-0.1, -0.05) is 177 Å². The molecule has 5 amide bonds. The number of carbonyl (C=O) groups excluding carboxylic acids is 6. The van der Waals surface area contributed by atoms with Gasteiger partial charge in [-0.2, -0.15) is 0 Å². The summed E-state index contributed by atoms with van der Waals surface area (Å²) in [7, 11) is 8.19. The third kappa shape index (κ3) is 32.0. The molecule has 133 heavy (non-hydrogen) atoms. The van der Waals surface area contributed by atoms with E-state index in [4.69, 9.17) is 63.3 Å². The number of carboxylic acids is 1. The Kier molecular flexibility index (Phi) is 43.7. The van der Waals surface area contributed by atoms with Crippen LogP contribution >= 0.6 is 0 Å². The number of aliphatic carboxylic acids is 1. The first-order chi connectivity index (χ1) is 63.1. The van der Waals surface area contributed by atoms with Gasteiger partial charge in [0.2, 0.25) is 0 Å². The van der Waals surface area contributed by atoms with Crippen molar-refractivity contribution in [3.05, 3.63) is 292 Å². The van der Waals surface area contributed by atoms with Gasteiger partial charge in [0, 0.05) is 134 Å². The zero-order valence-electron chi connectivity index (χ0n) is 75.6. The van der Waals surface area contributed by atoms with Gasteiger partial charge in [0.05, 0.1) is 81.4 Å². The maximum Gasteiger partial charge on any atom is 1.00 e. The summed E-state index contributed by atoms with van der Waals surface area (Å²) in [6, 6.07) is 66.3. The van der Waals surface area contributed by atoms with Crippen LogP contribution in [0, 0.1) is 5.92 Å². The van der Waals surface area contributed by atoms with Crippen molar-refractivity contribution in [2.75, 3.05) is 74.9 Å². The van der Waals surface area contributed by atoms with Crippen molar-refractivity contribution in [3.8, 4) is 68.3 Å². The normalized spacial score (nSPS) is 13.1. The molecule has 4 heterocycles. The van der Waals surface area contributed by atoms with Crippen LogP contribution in [0.25, 0.3) is 66.5 Å². The minimum absolute atomic E-state index is 0. The molecule has 1 saturated carbocycles. The van der Waals surface area contributed by atoms with E-state index < -0.39 is 53.6 Å². The van der Waals surface area contributed by atoms with Crippen LogP contribution in [0.5, 0.6) is 34.5 Å². The number of aromatic nitrogens is 5. The number of ether oxygens (including phenoxy) is 9. The molecule has 0 bridgehead atoms. The molecule has 5 atom stereocenters. The number of nitrogens with one attached hydrogen (secondary N) is 3. The molecule has 12 aromatic rings. The molecule has 4 aromatic heterocycles. The molecule has 0 spiro atoms. The summed E-state index contributed by atoms with van der Waals surface area (Å²) in [6.45, 7) is 14.9. The quantitative estimate of drug-likeness (QED) is 0.00781. The maximum absolute atomic E-state index is 13.2. The third-order valence-electron chi connectivity index (χ3n) is 21.1. The Morgan fingerprint density at radius 1 is 0.511 bits per heavy atom. The number of methoxy groups -OCH3 is 3. The van der Waals surface area contributed by atoms with Gasteiger partial charge in [-0.3, -0.25) is 9.36 Å². The molecule has 694 valence electrons. The van der Waals surface area contributed by atoms with E-state index in [0.717, 1.165) is 105 Å². The topological polar surface area (TPSA) is 378 Å². The van der Waals surface area contributed by atoms with E-state index in [1.807, 2.05) is 237 Å². The number of esters is 3. The molecule has 1 aliphatic rings. The number of urea groups is 2. The summed E-state index contributed by atoms with van der Waals surface area (Å²) in [6.07, 6.45) is 16.2. The van der Waals surface area contributed by atoms with Crippen molar-refractivity contribution in [1.29, 1.82) is 0 Å². The van der Waals surface area contributed by atoms with Crippen molar-refractivity contribution in [3.63, 3.8) is 0 Å². The Morgan fingerprint density at radius 2 is 0.872 bits per heavy atom. The molecular formula is C103H118LiN11O18. The molecule has 29 nitrogen and oxygen atoms in total. The Morgan fingerprint density at radius 3 is 1.20 bits per heavy atom. The summed E-state index contributed by atoms with van der Waals surface area (Å²) in [5.41, 5.74) is 13.8. The fourth-order valence-corrected chi connectivity index (χ4v) is 13.5. The summed E-state index contributed by atoms with van der Waals surface area (Å²) in [4.78, 5) is 109. The Bertz CT molecular complexity index is 5720. The number of hydrogen-bond acceptors (Lipinski definition) is 22. The van der Waals surface area contributed by atoms with E-state index in [0.29, 0.717) is 71.6 Å². The first kappa shape index (κ1) is 106. The van der Waals surface area contributed by atoms with Crippen molar-refractivity contribution >= 4 is 74.7 Å². The Hall–Kier alpha value is -14.4. The Labute approximate surface area is 788 Å². The molecule has 1 aliphatic carbocycles.